The third-order valence-electron chi connectivity index (χ3n) is 3.78. The molecule has 0 heterocycles. The summed E-state index contributed by atoms with van der Waals surface area (Å²) < 4.78 is 23.3. The van der Waals surface area contributed by atoms with Crippen molar-refractivity contribution in [2.24, 2.45) is 0 Å². The van der Waals surface area contributed by atoms with Crippen molar-refractivity contribution in [3.05, 3.63) is 47.5 Å². The van der Waals surface area contributed by atoms with Crippen LogP contribution in [0.25, 0.3) is 0 Å². The maximum Gasteiger partial charge on any atom is 0.132 e. The average Bonchev–Trinajstić information content (AvgIpc) is 2.64. The van der Waals surface area contributed by atoms with Crippen molar-refractivity contribution >= 4 is 11.8 Å². The number of thioether (sulfide) groups is 1. The van der Waals surface area contributed by atoms with Crippen molar-refractivity contribution < 1.29 is 19.0 Å². The van der Waals surface area contributed by atoms with Crippen molar-refractivity contribution in [1.29, 1.82) is 0 Å². The lowest BCUT2D eigenvalue weighted by Crippen LogP contribution is -2.17. The van der Waals surface area contributed by atoms with Gasteiger partial charge in [0.25, 0.3) is 0 Å². The molecule has 4 nitrogen and oxygen atoms in total. The van der Waals surface area contributed by atoms with Crippen molar-refractivity contribution in [1.82, 2.24) is 5.32 Å². The van der Waals surface area contributed by atoms with Crippen LogP contribution in [0, 0.1) is 0 Å². The van der Waals surface area contributed by atoms with E-state index < -0.39 is 0 Å². The molecule has 6 heteroatoms. The minimum absolute atomic E-state index is 0.295. The Hall–Kier alpha value is -1.92. The summed E-state index contributed by atoms with van der Waals surface area (Å²) in [5.74, 6) is 2.19. The zero-order chi connectivity index (χ0) is 18.1. The molecule has 0 amide bonds. The zero-order valence-corrected chi connectivity index (χ0v) is 15.4. The van der Waals surface area contributed by atoms with E-state index in [1.165, 1.54) is 11.8 Å². The van der Waals surface area contributed by atoms with Gasteiger partial charge in [0.05, 0.1) is 25.8 Å². The summed E-state index contributed by atoms with van der Waals surface area (Å²) in [6, 6.07) is 11.1. The Labute approximate surface area is 152 Å². The number of methoxy groups -OCH3 is 2. The molecule has 25 heavy (non-hydrogen) atoms. The fourth-order valence-electron chi connectivity index (χ4n) is 2.50. The van der Waals surface area contributed by atoms with Crippen molar-refractivity contribution in [3.63, 3.8) is 0 Å². The molecule has 136 valence electrons. The van der Waals surface area contributed by atoms with Crippen LogP contribution in [0.2, 0.25) is 0 Å². The van der Waals surface area contributed by atoms with Crippen LogP contribution in [0.15, 0.2) is 41.3 Å². The molecule has 0 spiro atoms. The monoisotopic (exact) mass is 365 g/mol. The van der Waals surface area contributed by atoms with E-state index in [-0.39, 0.29) is 6.67 Å². The predicted octanol–water partition coefficient (Wildman–Crippen LogP) is 3.80. The second-order valence-corrected chi connectivity index (χ2v) is 6.54. The van der Waals surface area contributed by atoms with Gasteiger partial charge in [0.15, 0.2) is 0 Å². The molecule has 0 aliphatic rings. The molecule has 0 aromatic heterocycles. The van der Waals surface area contributed by atoms with E-state index >= 15 is 0 Å². The Kier molecular flexibility index (Phi) is 7.88. The van der Waals surface area contributed by atoms with Crippen LogP contribution < -0.4 is 14.8 Å². The first-order valence-electron chi connectivity index (χ1n) is 8.10. The van der Waals surface area contributed by atoms with E-state index in [2.05, 4.69) is 5.32 Å². The molecule has 2 rings (SSSR count). The van der Waals surface area contributed by atoms with Crippen LogP contribution in [0.4, 0.5) is 4.39 Å². The van der Waals surface area contributed by atoms with Gasteiger partial charge in [-0.3, -0.25) is 4.39 Å². The van der Waals surface area contributed by atoms with Crippen LogP contribution in [-0.2, 0) is 13.0 Å². The third kappa shape index (κ3) is 5.54. The van der Waals surface area contributed by atoms with Crippen molar-refractivity contribution in [3.8, 4) is 17.2 Å². The Bertz CT molecular complexity index is 682. The molecule has 2 aromatic carbocycles. The summed E-state index contributed by atoms with van der Waals surface area (Å²) in [7, 11) is 3.24. The molecule has 2 aromatic rings. The highest BCUT2D eigenvalue weighted by molar-refractivity contribution is 7.99. The molecule has 2 N–H and O–H groups in total. The lowest BCUT2D eigenvalue weighted by molar-refractivity contribution is 0.390. The van der Waals surface area contributed by atoms with Gasteiger partial charge in [0.2, 0.25) is 0 Å². The average molecular weight is 365 g/mol. The number of rotatable bonds is 10. The molecule has 0 fully saturated rings. The molecule has 0 saturated heterocycles. The second-order valence-electron chi connectivity index (χ2n) is 5.41. The summed E-state index contributed by atoms with van der Waals surface area (Å²) in [5.41, 5.74) is 1.89. The van der Waals surface area contributed by atoms with Gasteiger partial charge >= 0.3 is 0 Å². The van der Waals surface area contributed by atoms with Crippen LogP contribution >= 0.6 is 11.8 Å². The Morgan fingerprint density at radius 1 is 1.08 bits per heavy atom. The van der Waals surface area contributed by atoms with Crippen LogP contribution in [-0.4, -0.2) is 38.3 Å². The number of hydrogen-bond donors (Lipinski definition) is 2. The number of halogens is 1. The van der Waals surface area contributed by atoms with Gasteiger partial charge in [-0.1, -0.05) is 18.2 Å². The highest BCUT2D eigenvalue weighted by Crippen LogP contribution is 2.35. The van der Waals surface area contributed by atoms with Crippen molar-refractivity contribution in [2.75, 3.05) is 33.2 Å². The van der Waals surface area contributed by atoms with Crippen molar-refractivity contribution in [2.45, 2.75) is 17.9 Å². The highest BCUT2D eigenvalue weighted by Gasteiger charge is 2.12. The first-order chi connectivity index (χ1) is 12.2. The topological polar surface area (TPSA) is 50.7 Å². The first-order valence-corrected chi connectivity index (χ1v) is 9.09. The molecule has 0 unspecified atom stereocenters. The van der Waals surface area contributed by atoms with E-state index in [0.717, 1.165) is 40.5 Å². The van der Waals surface area contributed by atoms with Crippen LogP contribution in [0.3, 0.4) is 0 Å². The van der Waals surface area contributed by atoms with E-state index in [1.54, 1.807) is 26.4 Å². The summed E-state index contributed by atoms with van der Waals surface area (Å²) in [4.78, 5) is 0.878. The van der Waals surface area contributed by atoms with Gasteiger partial charge in [-0.2, -0.15) is 0 Å². The standard InChI is InChI=1S/C19H24FNO3S/c1-23-17-12-19(25-10-8-20)18(24-2)11-14(17)7-9-21-13-15-5-3-4-6-16(15)22/h3-6,11-12,21-22H,7-10,13H2,1-2H3. The number of phenols is 1. The fraction of sp³-hybridized carbons (Fsp3) is 0.368. The van der Waals surface area contributed by atoms with E-state index in [9.17, 15) is 9.50 Å². The minimum atomic E-state index is -0.381. The highest BCUT2D eigenvalue weighted by atomic mass is 32.2. The molecular formula is C19H24FNO3S. The molecule has 0 aliphatic carbocycles. The summed E-state index contributed by atoms with van der Waals surface area (Å²) in [5, 5.41) is 13.1. The molecule has 0 atom stereocenters. The lowest BCUT2D eigenvalue weighted by atomic mass is 10.1. The second kappa shape index (κ2) is 10.2. The van der Waals surface area contributed by atoms with Gasteiger partial charge in [-0.25, -0.2) is 0 Å². The Morgan fingerprint density at radius 2 is 1.84 bits per heavy atom. The number of ether oxygens (including phenoxy) is 2. The molecule has 0 aliphatic heterocycles. The number of phenolic OH excluding ortho intramolecular Hbond substituents is 1. The van der Waals surface area contributed by atoms with Crippen LogP contribution in [0.5, 0.6) is 17.2 Å². The molecule has 0 saturated carbocycles. The Morgan fingerprint density at radius 3 is 2.52 bits per heavy atom. The molecule has 0 bridgehead atoms. The number of nitrogens with one attached hydrogen (secondary N) is 1. The van der Waals surface area contributed by atoms with E-state index in [1.807, 2.05) is 24.3 Å². The predicted molar refractivity (Wildman–Crippen MR) is 99.8 cm³/mol. The van der Waals surface area contributed by atoms with Gasteiger partial charge in [-0.15, -0.1) is 11.8 Å². The van der Waals surface area contributed by atoms with Gasteiger partial charge in [-0.05, 0) is 36.7 Å². The fourth-order valence-corrected chi connectivity index (χ4v) is 3.27. The quantitative estimate of drug-likeness (QED) is 0.495. The number of para-hydroxylation sites is 1. The van der Waals surface area contributed by atoms with E-state index in [4.69, 9.17) is 9.47 Å². The largest absolute Gasteiger partial charge is 0.508 e. The van der Waals surface area contributed by atoms with Gasteiger partial charge in [0, 0.05) is 17.9 Å². The first kappa shape index (κ1) is 19.4. The summed E-state index contributed by atoms with van der Waals surface area (Å²) in [6.07, 6.45) is 0.751. The maximum absolute atomic E-state index is 12.4. The summed E-state index contributed by atoms with van der Waals surface area (Å²) in [6.45, 7) is 0.940. The number of alkyl halides is 1. The number of hydrogen-bond acceptors (Lipinski definition) is 5. The lowest BCUT2D eigenvalue weighted by Gasteiger charge is -2.15. The Balaban J connectivity index is 1.99. The SMILES string of the molecule is COc1cc(SCCF)c(OC)cc1CCNCc1ccccc1O. The van der Waals surface area contributed by atoms with Crippen LogP contribution in [0.1, 0.15) is 11.1 Å². The number of benzene rings is 2. The summed E-state index contributed by atoms with van der Waals surface area (Å²) >= 11 is 1.41. The van der Waals surface area contributed by atoms with Gasteiger partial charge < -0.3 is 19.9 Å². The molecular weight excluding hydrogens is 341 g/mol. The zero-order valence-electron chi connectivity index (χ0n) is 14.5. The molecule has 0 radical (unpaired) electrons. The number of aromatic hydroxyl groups is 1. The van der Waals surface area contributed by atoms with E-state index in [0.29, 0.717) is 18.0 Å². The normalized spacial score (nSPS) is 10.7. The third-order valence-corrected chi connectivity index (χ3v) is 4.77. The minimum Gasteiger partial charge on any atom is -0.508 e. The maximum atomic E-state index is 12.4. The smallest absolute Gasteiger partial charge is 0.132 e. The van der Waals surface area contributed by atoms with Gasteiger partial charge in [0.1, 0.15) is 17.2 Å².